The normalized spacial score (nSPS) is 19.1. The number of nitrogens with one attached hydrogen (secondary N) is 2. The average Bonchev–Trinajstić information content (AvgIpc) is 2.78. The zero-order chi connectivity index (χ0) is 25.7. The topological polar surface area (TPSA) is 172 Å². The third-order valence-corrected chi connectivity index (χ3v) is 5.84. The molecule has 6 N–H and O–H groups in total. The highest BCUT2D eigenvalue weighted by molar-refractivity contribution is 5.74. The first-order valence-corrected chi connectivity index (χ1v) is 11.6. The van der Waals surface area contributed by atoms with Crippen molar-refractivity contribution in [3.63, 3.8) is 0 Å². The number of rotatable bonds is 11. The molecule has 0 saturated carbocycles. The monoisotopic (exact) mass is 496 g/mol. The van der Waals surface area contributed by atoms with Gasteiger partial charge < -0.3 is 35.8 Å². The van der Waals surface area contributed by atoms with Crippen LogP contribution in [0.5, 0.6) is 5.75 Å². The smallest absolute Gasteiger partial charge is 0.317 e. The van der Waals surface area contributed by atoms with Crippen molar-refractivity contribution in [3.8, 4) is 5.75 Å². The van der Waals surface area contributed by atoms with Crippen molar-refractivity contribution in [1.82, 2.24) is 20.4 Å². The quantitative estimate of drug-likeness (QED) is 0.221. The zero-order valence-corrected chi connectivity index (χ0v) is 19.8. The molecule has 1 heterocycles. The molecule has 1 saturated heterocycles. The predicted octanol–water partition coefficient (Wildman–Crippen LogP) is -1.00. The Morgan fingerprint density at radius 3 is 2.20 bits per heavy atom. The van der Waals surface area contributed by atoms with E-state index in [0.29, 0.717) is 38.5 Å². The molecule has 1 aromatic carbocycles. The summed E-state index contributed by atoms with van der Waals surface area (Å²) in [7, 11) is 0. The summed E-state index contributed by atoms with van der Waals surface area (Å²) >= 11 is 0. The molecule has 35 heavy (non-hydrogen) atoms. The molecule has 196 valence electrons. The molecule has 0 aromatic heterocycles. The van der Waals surface area contributed by atoms with Gasteiger partial charge in [-0.1, -0.05) is 18.2 Å². The van der Waals surface area contributed by atoms with Crippen molar-refractivity contribution < 1.29 is 39.5 Å². The number of carboxylic acid groups (broad SMARTS) is 3. The van der Waals surface area contributed by atoms with Gasteiger partial charge in [-0.15, -0.1) is 0 Å². The van der Waals surface area contributed by atoms with E-state index >= 15 is 0 Å². The number of aliphatic hydroxyl groups excluding tert-OH is 1. The van der Waals surface area contributed by atoms with Crippen LogP contribution in [0.15, 0.2) is 30.3 Å². The van der Waals surface area contributed by atoms with E-state index in [1.165, 1.54) is 4.90 Å². The number of nitrogens with zero attached hydrogens (tertiary/aromatic N) is 2. The molecular weight excluding hydrogens is 460 g/mol. The van der Waals surface area contributed by atoms with Gasteiger partial charge in [0.15, 0.2) is 0 Å². The highest BCUT2D eigenvalue weighted by atomic mass is 16.5. The summed E-state index contributed by atoms with van der Waals surface area (Å²) in [4.78, 5) is 38.4. The second-order valence-electron chi connectivity index (χ2n) is 8.69. The number of ether oxygens (including phenoxy) is 1. The van der Waals surface area contributed by atoms with Gasteiger partial charge in [0.25, 0.3) is 0 Å². The first-order valence-electron chi connectivity index (χ1n) is 11.6. The van der Waals surface area contributed by atoms with Crippen LogP contribution in [0.25, 0.3) is 0 Å². The SMILES string of the molecule is O=C(O)CN1CCN(CC(O)COc2ccccc2)CCNCCNCC1(CC(=O)O)CC(=O)O. The van der Waals surface area contributed by atoms with E-state index in [1.54, 1.807) is 12.1 Å². The molecule has 12 heteroatoms. The van der Waals surface area contributed by atoms with Crippen LogP contribution >= 0.6 is 0 Å². The lowest BCUT2D eigenvalue weighted by Gasteiger charge is -2.43. The first-order chi connectivity index (χ1) is 16.7. The highest BCUT2D eigenvalue weighted by Gasteiger charge is 2.42. The molecule has 1 fully saturated rings. The number of aliphatic carboxylic acids is 3. The van der Waals surface area contributed by atoms with E-state index in [2.05, 4.69) is 10.6 Å². The molecule has 0 bridgehead atoms. The number of carbonyl (C=O) groups is 3. The third kappa shape index (κ3) is 10.6. The molecule has 0 spiro atoms. The number of benzene rings is 1. The van der Waals surface area contributed by atoms with Crippen LogP contribution in [0.1, 0.15) is 12.8 Å². The van der Waals surface area contributed by atoms with E-state index < -0.39 is 48.9 Å². The van der Waals surface area contributed by atoms with Gasteiger partial charge in [0.1, 0.15) is 18.5 Å². The summed E-state index contributed by atoms with van der Waals surface area (Å²) in [5.41, 5.74) is -1.43. The Bertz CT molecular complexity index is 794. The minimum Gasteiger partial charge on any atom is -0.491 e. The maximum absolute atomic E-state index is 11.7. The lowest BCUT2D eigenvalue weighted by molar-refractivity contribution is -0.150. The highest BCUT2D eigenvalue weighted by Crippen LogP contribution is 2.25. The van der Waals surface area contributed by atoms with Gasteiger partial charge in [-0.05, 0) is 12.1 Å². The standard InChI is InChI=1S/C23H36N4O8/c28-18(16-35-19-4-2-1-3-5-19)14-26-9-8-24-6-7-25-17-23(12-20(29)30,13-21(31)32)27(11-10-26)15-22(33)34/h1-5,18,24-25,28H,6-17H2,(H,29,30)(H,31,32)(H,33,34). The van der Waals surface area contributed by atoms with Gasteiger partial charge in [0.2, 0.25) is 0 Å². The minimum absolute atomic E-state index is 0.00804. The molecular formula is C23H36N4O8. The minimum atomic E-state index is -1.43. The van der Waals surface area contributed by atoms with Crippen molar-refractivity contribution in [2.24, 2.45) is 0 Å². The summed E-state index contributed by atoms with van der Waals surface area (Å²) in [6.07, 6.45) is -1.87. The van der Waals surface area contributed by atoms with Crippen LogP contribution < -0.4 is 15.4 Å². The van der Waals surface area contributed by atoms with Crippen molar-refractivity contribution >= 4 is 17.9 Å². The fourth-order valence-corrected chi connectivity index (χ4v) is 4.21. The molecule has 12 nitrogen and oxygen atoms in total. The van der Waals surface area contributed by atoms with Crippen LogP contribution in [0, 0.1) is 0 Å². The largest absolute Gasteiger partial charge is 0.491 e. The summed E-state index contributed by atoms with van der Waals surface area (Å²) in [6.45, 7) is 2.42. The Morgan fingerprint density at radius 2 is 1.57 bits per heavy atom. The molecule has 1 atom stereocenters. The number of carboxylic acids is 3. The molecule has 1 aliphatic rings. The summed E-state index contributed by atoms with van der Waals surface area (Å²) in [5.74, 6) is -2.96. The van der Waals surface area contributed by atoms with Crippen LogP contribution in [0.4, 0.5) is 0 Å². The second kappa shape index (κ2) is 14.6. The first kappa shape index (κ1) is 28.5. The summed E-state index contributed by atoms with van der Waals surface area (Å²) < 4.78 is 5.62. The van der Waals surface area contributed by atoms with Gasteiger partial charge in [-0.3, -0.25) is 24.2 Å². The number of hydrogen-bond acceptors (Lipinski definition) is 9. The Balaban J connectivity index is 2.17. The number of hydrogen-bond donors (Lipinski definition) is 6. The van der Waals surface area contributed by atoms with E-state index in [0.717, 1.165) is 0 Å². The van der Waals surface area contributed by atoms with Crippen LogP contribution in [-0.4, -0.2) is 125 Å². The lowest BCUT2D eigenvalue weighted by atomic mass is 9.88. The number of para-hydroxylation sites is 1. The molecule has 0 radical (unpaired) electrons. The average molecular weight is 497 g/mol. The summed E-state index contributed by atoms with van der Waals surface area (Å²) in [6, 6.07) is 9.09. The molecule has 1 unspecified atom stereocenters. The maximum atomic E-state index is 11.7. The maximum Gasteiger partial charge on any atom is 0.317 e. The number of aliphatic hydroxyl groups is 1. The van der Waals surface area contributed by atoms with Crippen LogP contribution in [-0.2, 0) is 14.4 Å². The molecule has 0 aliphatic carbocycles. The van der Waals surface area contributed by atoms with E-state index in [9.17, 15) is 34.8 Å². The second-order valence-corrected chi connectivity index (χ2v) is 8.69. The lowest BCUT2D eigenvalue weighted by Crippen LogP contribution is -2.60. The van der Waals surface area contributed by atoms with Crippen LogP contribution in [0.3, 0.4) is 0 Å². The van der Waals surface area contributed by atoms with E-state index in [4.69, 9.17) is 4.74 Å². The molecule has 1 aliphatic heterocycles. The van der Waals surface area contributed by atoms with Crippen molar-refractivity contribution in [2.75, 3.05) is 65.5 Å². The van der Waals surface area contributed by atoms with Gasteiger partial charge in [-0.25, -0.2) is 0 Å². The zero-order valence-electron chi connectivity index (χ0n) is 19.8. The number of β-amino-alcohol motifs (C(OH)–C–C–N with tert-alkyl or cyclic N) is 1. The molecule has 2 rings (SSSR count). The molecule has 1 aromatic rings. The fraction of sp³-hybridized carbons (Fsp3) is 0.609. The van der Waals surface area contributed by atoms with Gasteiger partial charge in [0.05, 0.1) is 24.9 Å². The Labute approximate surface area is 204 Å². The van der Waals surface area contributed by atoms with Crippen molar-refractivity contribution in [1.29, 1.82) is 0 Å². The Hall–Kier alpha value is -2.77. The van der Waals surface area contributed by atoms with Gasteiger partial charge in [0, 0.05) is 52.4 Å². The Kier molecular flexibility index (Phi) is 11.9. The Morgan fingerprint density at radius 1 is 0.914 bits per heavy atom. The van der Waals surface area contributed by atoms with E-state index in [-0.39, 0.29) is 26.2 Å². The van der Waals surface area contributed by atoms with Crippen LogP contribution in [0.2, 0.25) is 0 Å². The van der Waals surface area contributed by atoms with Gasteiger partial charge >= 0.3 is 17.9 Å². The van der Waals surface area contributed by atoms with Crippen molar-refractivity contribution in [2.45, 2.75) is 24.5 Å². The predicted molar refractivity (Wildman–Crippen MR) is 127 cm³/mol. The molecule has 0 amide bonds. The fourth-order valence-electron chi connectivity index (χ4n) is 4.21. The van der Waals surface area contributed by atoms with Crippen molar-refractivity contribution in [3.05, 3.63) is 30.3 Å². The summed E-state index contributed by atoms with van der Waals surface area (Å²) in [5, 5.41) is 45.5. The van der Waals surface area contributed by atoms with Gasteiger partial charge in [-0.2, -0.15) is 0 Å². The third-order valence-electron chi connectivity index (χ3n) is 5.84. The van der Waals surface area contributed by atoms with E-state index in [1.807, 2.05) is 23.1 Å².